The first-order chi connectivity index (χ1) is 11.9. The molecule has 7 heteroatoms. The number of thiophene rings is 1. The highest BCUT2D eigenvalue weighted by atomic mass is 32.1. The first-order valence-electron chi connectivity index (χ1n) is 8.73. The zero-order chi connectivity index (χ0) is 18.4. The number of rotatable bonds is 6. The number of esters is 1. The Bertz CT molecular complexity index is 600. The Morgan fingerprint density at radius 3 is 2.76 bits per heavy atom. The van der Waals surface area contributed by atoms with Crippen LogP contribution in [0.4, 0.5) is 0 Å². The maximum atomic E-state index is 12.9. The predicted octanol–water partition coefficient (Wildman–Crippen LogP) is 2.30. The van der Waals surface area contributed by atoms with Crippen LogP contribution in [0.1, 0.15) is 43.3 Å². The number of carbonyl (C=O) groups is 3. The second-order valence-corrected chi connectivity index (χ2v) is 7.50. The van der Waals surface area contributed by atoms with E-state index in [1.807, 2.05) is 19.2 Å². The molecule has 6 nitrogen and oxygen atoms in total. The van der Waals surface area contributed by atoms with Gasteiger partial charge >= 0.3 is 5.97 Å². The molecule has 0 unspecified atom stereocenters. The topological polar surface area (TPSA) is 75.7 Å². The van der Waals surface area contributed by atoms with Crippen molar-refractivity contribution in [3.05, 3.63) is 22.4 Å². The minimum absolute atomic E-state index is 0.0422. The van der Waals surface area contributed by atoms with Crippen LogP contribution in [0.3, 0.4) is 0 Å². The first-order valence-corrected chi connectivity index (χ1v) is 9.61. The lowest BCUT2D eigenvalue weighted by Gasteiger charge is -2.35. The molecule has 2 atom stereocenters. The highest BCUT2D eigenvalue weighted by Crippen LogP contribution is 2.20. The molecule has 2 amide bonds. The van der Waals surface area contributed by atoms with Crippen molar-refractivity contribution in [2.75, 3.05) is 19.7 Å². The van der Waals surface area contributed by atoms with Gasteiger partial charge in [0.2, 0.25) is 5.91 Å². The van der Waals surface area contributed by atoms with Crippen molar-refractivity contribution < 1.29 is 19.1 Å². The van der Waals surface area contributed by atoms with Crippen LogP contribution in [0.15, 0.2) is 17.5 Å². The fourth-order valence-electron chi connectivity index (χ4n) is 2.96. The largest absolute Gasteiger partial charge is 0.466 e. The lowest BCUT2D eigenvalue weighted by atomic mass is 9.95. The summed E-state index contributed by atoms with van der Waals surface area (Å²) in [7, 11) is 0. The molecule has 1 aliphatic heterocycles. The monoisotopic (exact) mass is 366 g/mol. The Kier molecular flexibility index (Phi) is 6.99. The maximum Gasteiger partial charge on any atom is 0.310 e. The van der Waals surface area contributed by atoms with E-state index in [1.54, 1.807) is 24.0 Å². The number of ether oxygens (including phenoxy) is 1. The maximum absolute atomic E-state index is 12.9. The number of hydrogen-bond donors (Lipinski definition) is 1. The number of hydrogen-bond acceptors (Lipinski definition) is 5. The van der Waals surface area contributed by atoms with E-state index in [0.29, 0.717) is 24.6 Å². The van der Waals surface area contributed by atoms with Crippen molar-refractivity contribution >= 4 is 29.1 Å². The van der Waals surface area contributed by atoms with Gasteiger partial charge in [-0.2, -0.15) is 0 Å². The van der Waals surface area contributed by atoms with E-state index in [4.69, 9.17) is 4.74 Å². The normalized spacial score (nSPS) is 18.7. The van der Waals surface area contributed by atoms with E-state index in [2.05, 4.69) is 5.32 Å². The van der Waals surface area contributed by atoms with Gasteiger partial charge in [0.05, 0.1) is 17.4 Å². The van der Waals surface area contributed by atoms with E-state index < -0.39 is 6.04 Å². The summed E-state index contributed by atoms with van der Waals surface area (Å²) < 4.78 is 5.09. The molecule has 2 heterocycles. The second kappa shape index (κ2) is 8.99. The minimum Gasteiger partial charge on any atom is -0.466 e. The van der Waals surface area contributed by atoms with Crippen LogP contribution >= 0.6 is 11.3 Å². The van der Waals surface area contributed by atoms with Gasteiger partial charge in [0, 0.05) is 13.1 Å². The summed E-state index contributed by atoms with van der Waals surface area (Å²) in [5.41, 5.74) is 0. The standard InChI is InChI=1S/C18H26N2O4S/c1-4-24-18(23)13-7-5-9-20(11-13)17(22)15(12(2)3)19-16(21)14-8-6-10-25-14/h6,8,10,12-13,15H,4-5,7,9,11H2,1-3H3,(H,19,21)/t13-,15+/m0/s1. The molecule has 0 saturated carbocycles. The van der Waals surface area contributed by atoms with Crippen LogP contribution < -0.4 is 5.32 Å². The molecule has 0 aromatic carbocycles. The first kappa shape index (κ1) is 19.4. The summed E-state index contributed by atoms with van der Waals surface area (Å²) in [6.07, 6.45) is 1.50. The third kappa shape index (κ3) is 5.04. The smallest absolute Gasteiger partial charge is 0.310 e. The highest BCUT2D eigenvalue weighted by molar-refractivity contribution is 7.12. The molecule has 1 N–H and O–H groups in total. The summed E-state index contributed by atoms with van der Waals surface area (Å²) in [6, 6.07) is 2.94. The molecule has 1 saturated heterocycles. The Hall–Kier alpha value is -1.89. The number of amides is 2. The van der Waals surface area contributed by atoms with E-state index in [1.165, 1.54) is 11.3 Å². The Morgan fingerprint density at radius 1 is 1.40 bits per heavy atom. The molecule has 138 valence electrons. The average molecular weight is 366 g/mol. The second-order valence-electron chi connectivity index (χ2n) is 6.55. The van der Waals surface area contributed by atoms with E-state index >= 15 is 0 Å². The van der Waals surface area contributed by atoms with Gasteiger partial charge in [-0.25, -0.2) is 0 Å². The number of piperidine rings is 1. The van der Waals surface area contributed by atoms with Gasteiger partial charge in [0.1, 0.15) is 6.04 Å². The van der Waals surface area contributed by atoms with Gasteiger partial charge in [-0.05, 0) is 37.1 Å². The van der Waals surface area contributed by atoms with Crippen LogP contribution in [-0.2, 0) is 14.3 Å². The van der Waals surface area contributed by atoms with E-state index in [0.717, 1.165) is 12.8 Å². The van der Waals surface area contributed by atoms with Crippen LogP contribution in [0.5, 0.6) is 0 Å². The number of carbonyl (C=O) groups excluding carboxylic acids is 3. The number of nitrogens with one attached hydrogen (secondary N) is 1. The molecule has 1 fully saturated rings. The SMILES string of the molecule is CCOC(=O)[C@H]1CCCN(C(=O)[C@H](NC(=O)c2cccs2)C(C)C)C1. The van der Waals surface area contributed by atoms with Crippen LogP contribution in [0, 0.1) is 11.8 Å². The fourth-order valence-corrected chi connectivity index (χ4v) is 3.59. The Morgan fingerprint density at radius 2 is 2.16 bits per heavy atom. The van der Waals surface area contributed by atoms with Gasteiger partial charge in [-0.1, -0.05) is 19.9 Å². The Labute approximate surface area is 152 Å². The zero-order valence-corrected chi connectivity index (χ0v) is 15.8. The molecule has 1 aliphatic rings. The molecular weight excluding hydrogens is 340 g/mol. The van der Waals surface area contributed by atoms with Crippen molar-refractivity contribution in [3.8, 4) is 0 Å². The third-order valence-electron chi connectivity index (χ3n) is 4.32. The van der Waals surface area contributed by atoms with Crippen molar-refractivity contribution in [1.29, 1.82) is 0 Å². The van der Waals surface area contributed by atoms with Gasteiger partial charge in [-0.15, -0.1) is 11.3 Å². The van der Waals surface area contributed by atoms with Crippen molar-refractivity contribution in [2.45, 2.75) is 39.7 Å². The fraction of sp³-hybridized carbons (Fsp3) is 0.611. The summed E-state index contributed by atoms with van der Waals surface area (Å²) in [5.74, 6) is -0.934. The lowest BCUT2D eigenvalue weighted by molar-refractivity contribution is -0.151. The molecule has 2 rings (SSSR count). The quantitative estimate of drug-likeness (QED) is 0.784. The average Bonchev–Trinajstić information content (AvgIpc) is 3.13. The van der Waals surface area contributed by atoms with Gasteiger partial charge in [-0.3, -0.25) is 14.4 Å². The summed E-state index contributed by atoms with van der Waals surface area (Å²) >= 11 is 1.34. The molecule has 0 aliphatic carbocycles. The molecule has 0 spiro atoms. The van der Waals surface area contributed by atoms with Crippen molar-refractivity contribution in [2.24, 2.45) is 11.8 Å². The van der Waals surface area contributed by atoms with E-state index in [9.17, 15) is 14.4 Å². The molecule has 0 radical (unpaired) electrons. The number of nitrogens with zero attached hydrogens (tertiary/aromatic N) is 1. The molecule has 0 bridgehead atoms. The molecule has 1 aromatic rings. The zero-order valence-electron chi connectivity index (χ0n) is 15.0. The minimum atomic E-state index is -0.601. The summed E-state index contributed by atoms with van der Waals surface area (Å²) in [4.78, 5) is 39.5. The Balaban J connectivity index is 2.03. The highest BCUT2D eigenvalue weighted by Gasteiger charge is 2.34. The summed E-state index contributed by atoms with van der Waals surface area (Å²) in [5, 5.41) is 4.68. The molecule has 25 heavy (non-hydrogen) atoms. The lowest BCUT2D eigenvalue weighted by Crippen LogP contribution is -2.54. The van der Waals surface area contributed by atoms with Crippen LogP contribution in [-0.4, -0.2) is 48.4 Å². The van der Waals surface area contributed by atoms with Gasteiger partial charge in [0.15, 0.2) is 0 Å². The predicted molar refractivity (Wildman–Crippen MR) is 96.3 cm³/mol. The van der Waals surface area contributed by atoms with Crippen LogP contribution in [0.25, 0.3) is 0 Å². The molecule has 1 aromatic heterocycles. The van der Waals surface area contributed by atoms with Crippen molar-refractivity contribution in [1.82, 2.24) is 10.2 Å². The van der Waals surface area contributed by atoms with Crippen LogP contribution in [0.2, 0.25) is 0 Å². The van der Waals surface area contributed by atoms with E-state index in [-0.39, 0.29) is 29.6 Å². The third-order valence-corrected chi connectivity index (χ3v) is 5.19. The van der Waals surface area contributed by atoms with Gasteiger partial charge in [0.25, 0.3) is 5.91 Å². The van der Waals surface area contributed by atoms with Crippen molar-refractivity contribution in [3.63, 3.8) is 0 Å². The number of likely N-dealkylation sites (tertiary alicyclic amines) is 1. The summed E-state index contributed by atoms with van der Waals surface area (Å²) in [6.45, 7) is 6.89. The van der Waals surface area contributed by atoms with Gasteiger partial charge < -0.3 is 15.0 Å². The molecular formula is C18H26N2O4S.